The van der Waals surface area contributed by atoms with Crippen LogP contribution >= 0.6 is 24.0 Å². The van der Waals surface area contributed by atoms with Crippen LogP contribution in [-0.4, -0.2) is 60.4 Å². The number of benzene rings is 1. The second-order valence-corrected chi connectivity index (χ2v) is 8.44. The summed E-state index contributed by atoms with van der Waals surface area (Å²) in [6, 6.07) is 13.5. The zero-order valence-corrected chi connectivity index (χ0v) is 21.7. The van der Waals surface area contributed by atoms with Gasteiger partial charge in [-0.1, -0.05) is 30.3 Å². The molecule has 0 bridgehead atoms. The van der Waals surface area contributed by atoms with Crippen molar-refractivity contribution in [3.63, 3.8) is 0 Å². The lowest BCUT2D eigenvalue weighted by molar-refractivity contribution is -0.00834. The SMILES string of the molecule is CCNC(=NCc1ccc(Cn2ccccc2=O)cc1)NCC(C)(C)N1CCOCC1.I. The fraction of sp³-hybridized carbons (Fsp3) is 0.500. The lowest BCUT2D eigenvalue weighted by Gasteiger charge is -2.41. The van der Waals surface area contributed by atoms with E-state index in [1.165, 1.54) is 0 Å². The van der Waals surface area contributed by atoms with Gasteiger partial charge >= 0.3 is 0 Å². The highest BCUT2D eigenvalue weighted by molar-refractivity contribution is 14.0. The van der Waals surface area contributed by atoms with E-state index >= 15 is 0 Å². The Morgan fingerprint density at radius 2 is 1.75 bits per heavy atom. The van der Waals surface area contributed by atoms with Crippen LogP contribution in [0.2, 0.25) is 0 Å². The van der Waals surface area contributed by atoms with Crippen LogP contribution in [0.4, 0.5) is 0 Å². The Kier molecular flexibility index (Phi) is 10.7. The first-order valence-corrected chi connectivity index (χ1v) is 11.1. The van der Waals surface area contributed by atoms with Crippen LogP contribution in [0.5, 0.6) is 0 Å². The molecule has 0 unspecified atom stereocenters. The number of guanidine groups is 1. The Hall–Kier alpha value is -1.91. The lowest BCUT2D eigenvalue weighted by Crippen LogP contribution is -2.56. The highest BCUT2D eigenvalue weighted by atomic mass is 127. The van der Waals surface area contributed by atoms with Crippen molar-refractivity contribution in [3.8, 4) is 0 Å². The maximum atomic E-state index is 11.9. The van der Waals surface area contributed by atoms with E-state index in [-0.39, 0.29) is 35.1 Å². The summed E-state index contributed by atoms with van der Waals surface area (Å²) in [6.45, 7) is 12.9. The number of aromatic nitrogens is 1. The molecule has 1 saturated heterocycles. The number of nitrogens with zero attached hydrogens (tertiary/aromatic N) is 3. The van der Waals surface area contributed by atoms with Gasteiger partial charge < -0.3 is 19.9 Å². The third kappa shape index (κ3) is 7.90. The van der Waals surface area contributed by atoms with Crippen LogP contribution in [-0.2, 0) is 17.8 Å². The van der Waals surface area contributed by atoms with Gasteiger partial charge in [-0.15, -0.1) is 24.0 Å². The number of hydrogen-bond acceptors (Lipinski definition) is 4. The highest BCUT2D eigenvalue weighted by Gasteiger charge is 2.28. The lowest BCUT2D eigenvalue weighted by atomic mass is 10.0. The molecule has 0 radical (unpaired) electrons. The number of halogens is 1. The number of aliphatic imine (C=N–C) groups is 1. The Labute approximate surface area is 208 Å². The molecule has 32 heavy (non-hydrogen) atoms. The van der Waals surface area contributed by atoms with Crippen molar-refractivity contribution >= 4 is 29.9 Å². The van der Waals surface area contributed by atoms with Gasteiger partial charge in [0.25, 0.3) is 5.56 Å². The van der Waals surface area contributed by atoms with Gasteiger partial charge in [0.1, 0.15) is 0 Å². The molecule has 0 saturated carbocycles. The number of morpholine rings is 1. The molecule has 1 aliphatic heterocycles. The quantitative estimate of drug-likeness (QED) is 0.299. The molecule has 0 atom stereocenters. The molecule has 0 aliphatic carbocycles. The summed E-state index contributed by atoms with van der Waals surface area (Å²) < 4.78 is 7.18. The summed E-state index contributed by atoms with van der Waals surface area (Å²) in [6.07, 6.45) is 1.81. The number of rotatable bonds is 8. The van der Waals surface area contributed by atoms with E-state index in [1.54, 1.807) is 16.7 Å². The van der Waals surface area contributed by atoms with Gasteiger partial charge in [0.15, 0.2) is 5.96 Å². The average Bonchev–Trinajstić information content (AvgIpc) is 2.79. The van der Waals surface area contributed by atoms with Gasteiger partial charge in [-0.05, 0) is 38.0 Å². The predicted molar refractivity (Wildman–Crippen MR) is 141 cm³/mol. The van der Waals surface area contributed by atoms with Gasteiger partial charge in [-0.25, -0.2) is 4.99 Å². The molecule has 1 aromatic heterocycles. The molecule has 2 N–H and O–H groups in total. The fourth-order valence-electron chi connectivity index (χ4n) is 3.63. The Bertz CT molecular complexity index is 905. The standard InChI is InChI=1S/C24H35N5O2.HI/c1-4-25-23(27-19-24(2,3)29-13-15-31-16-14-29)26-17-20-8-10-21(11-9-20)18-28-12-6-5-7-22(28)30;/h5-12H,4,13-19H2,1-3H3,(H2,25,26,27);1H. The monoisotopic (exact) mass is 553 g/mol. The van der Waals surface area contributed by atoms with E-state index in [9.17, 15) is 4.79 Å². The first-order valence-electron chi connectivity index (χ1n) is 11.1. The van der Waals surface area contributed by atoms with Crippen molar-refractivity contribution in [2.24, 2.45) is 4.99 Å². The third-order valence-corrected chi connectivity index (χ3v) is 5.59. The minimum absolute atomic E-state index is 0. The van der Waals surface area contributed by atoms with E-state index in [0.717, 1.165) is 56.5 Å². The van der Waals surface area contributed by atoms with Gasteiger partial charge in [0.05, 0.1) is 26.3 Å². The van der Waals surface area contributed by atoms with Crippen molar-refractivity contribution in [1.29, 1.82) is 0 Å². The summed E-state index contributed by atoms with van der Waals surface area (Å²) in [4.78, 5) is 19.1. The van der Waals surface area contributed by atoms with E-state index in [0.29, 0.717) is 13.1 Å². The largest absolute Gasteiger partial charge is 0.379 e. The van der Waals surface area contributed by atoms with Crippen LogP contribution < -0.4 is 16.2 Å². The third-order valence-electron chi connectivity index (χ3n) is 5.59. The zero-order valence-electron chi connectivity index (χ0n) is 19.3. The Balaban J connectivity index is 0.00000363. The van der Waals surface area contributed by atoms with Crippen molar-refractivity contribution in [2.75, 3.05) is 39.4 Å². The van der Waals surface area contributed by atoms with Gasteiger partial charge in [0, 0.05) is 44.0 Å². The van der Waals surface area contributed by atoms with Crippen molar-refractivity contribution < 1.29 is 4.74 Å². The minimum Gasteiger partial charge on any atom is -0.379 e. The second-order valence-electron chi connectivity index (χ2n) is 8.44. The summed E-state index contributed by atoms with van der Waals surface area (Å²) in [7, 11) is 0. The van der Waals surface area contributed by atoms with Crippen molar-refractivity contribution in [2.45, 2.75) is 39.4 Å². The summed E-state index contributed by atoms with van der Waals surface area (Å²) >= 11 is 0. The molecule has 1 aliphatic rings. The number of pyridine rings is 1. The van der Waals surface area contributed by atoms with Crippen LogP contribution in [0.15, 0.2) is 58.4 Å². The number of ether oxygens (including phenoxy) is 1. The normalized spacial score (nSPS) is 15.2. The van der Waals surface area contributed by atoms with Crippen LogP contribution in [0, 0.1) is 0 Å². The van der Waals surface area contributed by atoms with E-state index in [2.05, 4.69) is 60.6 Å². The molecular weight excluding hydrogens is 517 g/mol. The molecule has 1 fully saturated rings. The van der Waals surface area contributed by atoms with Crippen LogP contribution in [0.1, 0.15) is 31.9 Å². The zero-order chi connectivity index (χ0) is 22.1. The van der Waals surface area contributed by atoms with Crippen LogP contribution in [0.25, 0.3) is 0 Å². The van der Waals surface area contributed by atoms with Gasteiger partial charge in [0.2, 0.25) is 0 Å². The smallest absolute Gasteiger partial charge is 0.250 e. The molecule has 7 nitrogen and oxygen atoms in total. The summed E-state index contributed by atoms with van der Waals surface area (Å²) in [5, 5.41) is 6.83. The molecule has 8 heteroatoms. The molecule has 1 aromatic carbocycles. The maximum absolute atomic E-state index is 11.9. The predicted octanol–water partition coefficient (Wildman–Crippen LogP) is 2.68. The molecular formula is C24H36IN5O2. The van der Waals surface area contributed by atoms with Gasteiger partial charge in [-0.3, -0.25) is 9.69 Å². The van der Waals surface area contributed by atoms with Crippen molar-refractivity contribution in [1.82, 2.24) is 20.1 Å². The average molecular weight is 553 g/mol. The topological polar surface area (TPSA) is 70.9 Å². The Morgan fingerprint density at radius 1 is 1.06 bits per heavy atom. The first kappa shape index (κ1) is 26.3. The first-order chi connectivity index (χ1) is 15.0. The van der Waals surface area contributed by atoms with Crippen LogP contribution in [0.3, 0.4) is 0 Å². The summed E-state index contributed by atoms with van der Waals surface area (Å²) in [5.41, 5.74) is 2.27. The molecule has 0 spiro atoms. The second kappa shape index (κ2) is 13.0. The molecule has 176 valence electrons. The minimum atomic E-state index is 0. The van der Waals surface area contributed by atoms with E-state index in [1.807, 2.05) is 12.3 Å². The highest BCUT2D eigenvalue weighted by Crippen LogP contribution is 2.15. The number of nitrogens with one attached hydrogen (secondary N) is 2. The molecule has 3 rings (SSSR count). The molecule has 0 amide bonds. The Morgan fingerprint density at radius 3 is 2.41 bits per heavy atom. The molecule has 2 aromatic rings. The summed E-state index contributed by atoms with van der Waals surface area (Å²) in [5.74, 6) is 0.823. The van der Waals surface area contributed by atoms with Gasteiger partial charge in [-0.2, -0.15) is 0 Å². The van der Waals surface area contributed by atoms with E-state index in [4.69, 9.17) is 9.73 Å². The van der Waals surface area contributed by atoms with E-state index < -0.39 is 0 Å². The molecule has 2 heterocycles. The fourth-order valence-corrected chi connectivity index (χ4v) is 3.63. The number of hydrogen-bond donors (Lipinski definition) is 2. The van der Waals surface area contributed by atoms with Crippen molar-refractivity contribution in [3.05, 3.63) is 70.1 Å². The maximum Gasteiger partial charge on any atom is 0.250 e.